The first kappa shape index (κ1) is 14.7. The molecule has 0 fully saturated rings. The lowest BCUT2D eigenvalue weighted by atomic mass is 9.94. The summed E-state index contributed by atoms with van der Waals surface area (Å²) in [7, 11) is 0. The largest absolute Gasteiger partial charge is 0.363 e. The molecule has 0 saturated heterocycles. The zero-order chi connectivity index (χ0) is 13.4. The normalized spacial score (nSPS) is 13.0. The molecule has 0 aromatic heterocycles. The predicted molar refractivity (Wildman–Crippen MR) is 73.0 cm³/mol. The van der Waals surface area contributed by atoms with Gasteiger partial charge in [-0.25, -0.2) is 0 Å². The fourth-order valence-corrected chi connectivity index (χ4v) is 1.58. The van der Waals surface area contributed by atoms with Gasteiger partial charge in [0.15, 0.2) is 0 Å². The number of nitriles is 1. The molecule has 1 rings (SSSR count). The third kappa shape index (κ3) is 5.81. The molecule has 0 spiro atoms. The summed E-state index contributed by atoms with van der Waals surface area (Å²) in [5, 5.41) is 12.1. The first-order valence-electron chi connectivity index (χ1n) is 6.29. The van der Waals surface area contributed by atoms with E-state index in [2.05, 4.69) is 37.4 Å². The summed E-state index contributed by atoms with van der Waals surface area (Å²) < 4.78 is 5.46. The monoisotopic (exact) mass is 246 g/mol. The van der Waals surface area contributed by atoms with Crippen molar-refractivity contribution in [1.29, 1.82) is 5.26 Å². The maximum Gasteiger partial charge on any atom is 0.141 e. The lowest BCUT2D eigenvalue weighted by Gasteiger charge is -2.25. The number of ether oxygens (including phenoxy) is 1. The van der Waals surface area contributed by atoms with Crippen molar-refractivity contribution in [3.05, 3.63) is 35.9 Å². The molecule has 98 valence electrons. The standard InChI is InChI=1S/C15H22N2O/c1-13(9-16)18-12-15(2,3)11-17-10-14-7-5-4-6-8-14/h4-8,13,17H,10-12H2,1-3H3. The fraction of sp³-hybridized carbons (Fsp3) is 0.533. The van der Waals surface area contributed by atoms with Crippen molar-refractivity contribution in [1.82, 2.24) is 5.32 Å². The predicted octanol–water partition coefficient (Wildman–Crippen LogP) is 2.73. The molecule has 1 N–H and O–H groups in total. The van der Waals surface area contributed by atoms with Gasteiger partial charge in [-0.05, 0) is 12.5 Å². The van der Waals surface area contributed by atoms with Gasteiger partial charge in [-0.15, -0.1) is 0 Å². The molecule has 18 heavy (non-hydrogen) atoms. The average Bonchev–Trinajstić information content (AvgIpc) is 2.37. The second-order valence-electron chi connectivity index (χ2n) is 5.34. The highest BCUT2D eigenvalue weighted by Gasteiger charge is 2.19. The van der Waals surface area contributed by atoms with Gasteiger partial charge in [-0.1, -0.05) is 44.2 Å². The highest BCUT2D eigenvalue weighted by molar-refractivity contribution is 5.14. The van der Waals surface area contributed by atoms with Gasteiger partial charge in [-0.3, -0.25) is 0 Å². The van der Waals surface area contributed by atoms with Crippen molar-refractivity contribution in [2.45, 2.75) is 33.4 Å². The van der Waals surface area contributed by atoms with E-state index in [0.29, 0.717) is 6.61 Å². The van der Waals surface area contributed by atoms with Crippen LogP contribution in [-0.2, 0) is 11.3 Å². The van der Waals surface area contributed by atoms with E-state index in [9.17, 15) is 0 Å². The van der Waals surface area contributed by atoms with Crippen LogP contribution in [0.15, 0.2) is 30.3 Å². The first-order valence-corrected chi connectivity index (χ1v) is 6.29. The van der Waals surface area contributed by atoms with E-state index < -0.39 is 0 Å². The lowest BCUT2D eigenvalue weighted by Crippen LogP contribution is -2.34. The fourth-order valence-electron chi connectivity index (χ4n) is 1.58. The zero-order valence-corrected chi connectivity index (χ0v) is 11.4. The van der Waals surface area contributed by atoms with Crippen LogP contribution in [0.5, 0.6) is 0 Å². The van der Waals surface area contributed by atoms with E-state index in [4.69, 9.17) is 10.00 Å². The molecule has 1 atom stereocenters. The Morgan fingerprint density at radius 2 is 2.00 bits per heavy atom. The van der Waals surface area contributed by atoms with Crippen LogP contribution in [0.25, 0.3) is 0 Å². The van der Waals surface area contributed by atoms with Gasteiger partial charge in [0.05, 0.1) is 12.7 Å². The molecular weight excluding hydrogens is 224 g/mol. The van der Waals surface area contributed by atoms with Gasteiger partial charge in [0.2, 0.25) is 0 Å². The summed E-state index contributed by atoms with van der Waals surface area (Å²) in [6.45, 7) is 8.35. The van der Waals surface area contributed by atoms with Crippen molar-refractivity contribution in [2.75, 3.05) is 13.2 Å². The Kier molecular flexibility index (Phi) is 5.84. The van der Waals surface area contributed by atoms with Crippen LogP contribution in [-0.4, -0.2) is 19.3 Å². The summed E-state index contributed by atoms with van der Waals surface area (Å²) in [5.74, 6) is 0. The van der Waals surface area contributed by atoms with E-state index in [1.807, 2.05) is 18.2 Å². The molecule has 1 aromatic carbocycles. The number of hydrogen-bond donors (Lipinski definition) is 1. The Balaban J connectivity index is 2.27. The molecule has 0 aliphatic heterocycles. The van der Waals surface area contributed by atoms with E-state index in [0.717, 1.165) is 13.1 Å². The van der Waals surface area contributed by atoms with Crippen molar-refractivity contribution >= 4 is 0 Å². The van der Waals surface area contributed by atoms with Gasteiger partial charge in [0.1, 0.15) is 6.10 Å². The van der Waals surface area contributed by atoms with E-state index in [1.54, 1.807) is 6.92 Å². The quantitative estimate of drug-likeness (QED) is 0.804. The summed E-state index contributed by atoms with van der Waals surface area (Å²) >= 11 is 0. The van der Waals surface area contributed by atoms with Crippen LogP contribution in [0.2, 0.25) is 0 Å². The van der Waals surface area contributed by atoms with Crippen molar-refractivity contribution in [3.63, 3.8) is 0 Å². The molecule has 0 radical (unpaired) electrons. The average molecular weight is 246 g/mol. The minimum Gasteiger partial charge on any atom is -0.363 e. The number of hydrogen-bond acceptors (Lipinski definition) is 3. The summed E-state index contributed by atoms with van der Waals surface area (Å²) in [4.78, 5) is 0. The van der Waals surface area contributed by atoms with E-state index in [-0.39, 0.29) is 11.5 Å². The second-order valence-corrected chi connectivity index (χ2v) is 5.34. The van der Waals surface area contributed by atoms with Crippen LogP contribution < -0.4 is 5.32 Å². The maximum atomic E-state index is 8.67. The molecule has 3 nitrogen and oxygen atoms in total. The van der Waals surface area contributed by atoms with Crippen molar-refractivity contribution < 1.29 is 4.74 Å². The second kappa shape index (κ2) is 7.15. The van der Waals surface area contributed by atoms with Crippen molar-refractivity contribution in [2.24, 2.45) is 5.41 Å². The van der Waals surface area contributed by atoms with Gasteiger partial charge in [-0.2, -0.15) is 5.26 Å². The molecule has 3 heteroatoms. The Bertz CT molecular complexity index is 381. The topological polar surface area (TPSA) is 45.0 Å². The van der Waals surface area contributed by atoms with Crippen molar-refractivity contribution in [3.8, 4) is 6.07 Å². The third-order valence-electron chi connectivity index (χ3n) is 2.68. The van der Waals surface area contributed by atoms with Gasteiger partial charge in [0.25, 0.3) is 0 Å². The zero-order valence-electron chi connectivity index (χ0n) is 11.4. The molecule has 1 aromatic rings. The van der Waals surface area contributed by atoms with Crippen LogP contribution in [0.1, 0.15) is 26.3 Å². The molecular formula is C15H22N2O. The minimum atomic E-state index is -0.335. The molecule has 0 aliphatic rings. The van der Waals surface area contributed by atoms with Gasteiger partial charge in [0, 0.05) is 18.5 Å². The van der Waals surface area contributed by atoms with Crippen LogP contribution >= 0.6 is 0 Å². The maximum absolute atomic E-state index is 8.67. The SMILES string of the molecule is CC(C#N)OCC(C)(C)CNCc1ccccc1. The van der Waals surface area contributed by atoms with E-state index >= 15 is 0 Å². The summed E-state index contributed by atoms with van der Waals surface area (Å²) in [6.07, 6.45) is -0.335. The van der Waals surface area contributed by atoms with Crippen LogP contribution in [0.4, 0.5) is 0 Å². The summed E-state index contributed by atoms with van der Waals surface area (Å²) in [6, 6.07) is 12.4. The Hall–Kier alpha value is -1.37. The Morgan fingerprint density at radius 1 is 1.33 bits per heavy atom. The third-order valence-corrected chi connectivity index (χ3v) is 2.68. The molecule has 0 bridgehead atoms. The van der Waals surface area contributed by atoms with Gasteiger partial charge >= 0.3 is 0 Å². The minimum absolute atomic E-state index is 0.0277. The Labute approximate surface area is 110 Å². The highest BCUT2D eigenvalue weighted by atomic mass is 16.5. The Morgan fingerprint density at radius 3 is 2.61 bits per heavy atom. The van der Waals surface area contributed by atoms with Gasteiger partial charge < -0.3 is 10.1 Å². The summed E-state index contributed by atoms with van der Waals surface area (Å²) in [5.41, 5.74) is 1.31. The number of nitrogens with zero attached hydrogens (tertiary/aromatic N) is 1. The van der Waals surface area contributed by atoms with Crippen LogP contribution in [0.3, 0.4) is 0 Å². The molecule has 0 heterocycles. The smallest absolute Gasteiger partial charge is 0.141 e. The first-order chi connectivity index (χ1) is 8.53. The highest BCUT2D eigenvalue weighted by Crippen LogP contribution is 2.15. The molecule has 0 amide bonds. The van der Waals surface area contributed by atoms with Crippen LogP contribution in [0, 0.1) is 16.7 Å². The molecule has 1 unspecified atom stereocenters. The number of benzene rings is 1. The van der Waals surface area contributed by atoms with E-state index in [1.165, 1.54) is 5.56 Å². The number of rotatable bonds is 7. The lowest BCUT2D eigenvalue weighted by molar-refractivity contribution is 0.0385. The molecule has 0 saturated carbocycles. The number of nitrogens with one attached hydrogen (secondary N) is 1. The molecule has 0 aliphatic carbocycles.